The Hall–Kier alpha value is -2.35. The third-order valence-corrected chi connectivity index (χ3v) is 13.1. The number of halogens is 1. The maximum atomic E-state index is 12.0. The molecule has 0 spiro atoms. The molecule has 4 aliphatic rings. The van der Waals surface area contributed by atoms with Crippen LogP contribution < -0.4 is 4.74 Å². The number of carbonyl (C=O) groups excluding carboxylic acids is 3. The summed E-state index contributed by atoms with van der Waals surface area (Å²) < 4.78 is 22.2. The summed E-state index contributed by atoms with van der Waals surface area (Å²) in [4.78, 5) is 39.1. The van der Waals surface area contributed by atoms with Gasteiger partial charge in [0.2, 0.25) is 5.88 Å². The maximum Gasteiger partial charge on any atom is 0.339 e. The van der Waals surface area contributed by atoms with E-state index in [1.165, 1.54) is 38.6 Å². The van der Waals surface area contributed by atoms with E-state index in [1.807, 2.05) is 0 Å². The standard InChI is InChI=1S/C35H50ClNO7/c1-6-24-28-17-23(43-19-38)11-13-35(28,4)27-12-14-34(3)25(9-10-26(34)30(27)31(24)44-20-39)21(2)8-7-15-42-32-29(36)16-22(18-37-32)33(40)41-5/h16,18-21,23-28,30-31H,6-15,17H2,1-5H3/t21-,23-,24-,25-,26+,27+,28+,30+,31-,34-,35-/m1/s1. The molecule has 4 saturated carbocycles. The molecule has 8 nitrogen and oxygen atoms in total. The average Bonchev–Trinajstić information content (AvgIpc) is 3.37. The van der Waals surface area contributed by atoms with Crippen LogP contribution in [0.25, 0.3) is 0 Å². The smallest absolute Gasteiger partial charge is 0.339 e. The van der Waals surface area contributed by atoms with E-state index in [0.717, 1.165) is 44.9 Å². The van der Waals surface area contributed by atoms with Crippen molar-refractivity contribution in [1.29, 1.82) is 0 Å². The van der Waals surface area contributed by atoms with E-state index in [0.29, 0.717) is 71.5 Å². The maximum absolute atomic E-state index is 12.0. The van der Waals surface area contributed by atoms with Gasteiger partial charge in [0.05, 0.1) is 19.3 Å². The molecule has 9 heteroatoms. The van der Waals surface area contributed by atoms with Crippen LogP contribution >= 0.6 is 11.6 Å². The van der Waals surface area contributed by atoms with Crippen LogP contribution in [0.2, 0.25) is 5.02 Å². The molecule has 0 bridgehead atoms. The molecule has 244 valence electrons. The zero-order valence-corrected chi connectivity index (χ0v) is 27.7. The highest BCUT2D eigenvalue weighted by atomic mass is 35.5. The van der Waals surface area contributed by atoms with Gasteiger partial charge in [-0.15, -0.1) is 0 Å². The molecule has 0 amide bonds. The lowest BCUT2D eigenvalue weighted by molar-refractivity contribution is -0.213. The highest BCUT2D eigenvalue weighted by molar-refractivity contribution is 6.32. The summed E-state index contributed by atoms with van der Waals surface area (Å²) in [6, 6.07) is 1.53. The number of esters is 1. The first-order chi connectivity index (χ1) is 21.1. The zero-order chi connectivity index (χ0) is 31.6. The lowest BCUT2D eigenvalue weighted by atomic mass is 9.41. The van der Waals surface area contributed by atoms with Crippen LogP contribution in [0, 0.1) is 52.3 Å². The summed E-state index contributed by atoms with van der Waals surface area (Å²) >= 11 is 6.31. The van der Waals surface area contributed by atoms with Crippen LogP contribution in [-0.2, 0) is 23.8 Å². The number of aromatic nitrogens is 1. The molecule has 0 aliphatic heterocycles. The molecule has 1 aromatic rings. The van der Waals surface area contributed by atoms with E-state index < -0.39 is 5.97 Å². The number of carbonyl (C=O) groups is 3. The summed E-state index contributed by atoms with van der Waals surface area (Å²) in [5.74, 6) is 3.07. The van der Waals surface area contributed by atoms with E-state index in [1.54, 1.807) is 0 Å². The van der Waals surface area contributed by atoms with Crippen LogP contribution in [0.5, 0.6) is 5.88 Å². The predicted octanol–water partition coefficient (Wildman–Crippen LogP) is 7.30. The minimum Gasteiger partial charge on any atom is -0.477 e. The molecule has 5 rings (SSSR count). The van der Waals surface area contributed by atoms with Gasteiger partial charge in [0.25, 0.3) is 12.9 Å². The third-order valence-electron chi connectivity index (χ3n) is 12.8. The SMILES string of the molecule is CC[C@H]1[C@@H](OC=O)[C@@H]2[C@H](CC[C@]3(C)[C@@H]([C@H](C)CCCOc4ncc(C(=O)OC)cc4Cl)CC[C@@H]23)[C@@]2(C)CC[C@@H](OC=O)C[C@@H]12. The number of rotatable bonds is 12. The van der Waals surface area contributed by atoms with Gasteiger partial charge in [-0.2, -0.15) is 0 Å². The third kappa shape index (κ3) is 5.85. The minimum absolute atomic E-state index is 0.0337. The van der Waals surface area contributed by atoms with Gasteiger partial charge in [-0.1, -0.05) is 39.3 Å². The van der Waals surface area contributed by atoms with Crippen molar-refractivity contribution in [2.45, 2.75) is 104 Å². The van der Waals surface area contributed by atoms with Gasteiger partial charge in [-0.05, 0) is 117 Å². The topological polar surface area (TPSA) is 101 Å². The monoisotopic (exact) mass is 631 g/mol. The minimum atomic E-state index is -0.481. The Morgan fingerprint density at radius 1 is 1.07 bits per heavy atom. The molecule has 0 unspecified atom stereocenters. The highest BCUT2D eigenvalue weighted by Gasteiger charge is 2.66. The highest BCUT2D eigenvalue weighted by Crippen LogP contribution is 2.70. The molecule has 1 aromatic heterocycles. The first kappa shape index (κ1) is 33.0. The quantitative estimate of drug-likeness (QED) is 0.102. The van der Waals surface area contributed by atoms with Gasteiger partial charge in [-0.25, -0.2) is 9.78 Å². The Labute approximate surface area is 267 Å². The molecule has 44 heavy (non-hydrogen) atoms. The molecule has 4 fully saturated rings. The van der Waals surface area contributed by atoms with Crippen LogP contribution in [0.3, 0.4) is 0 Å². The average molecular weight is 632 g/mol. The van der Waals surface area contributed by atoms with E-state index >= 15 is 0 Å². The van der Waals surface area contributed by atoms with Crippen LogP contribution in [0.15, 0.2) is 12.3 Å². The number of nitrogens with zero attached hydrogens (tertiary/aromatic N) is 1. The van der Waals surface area contributed by atoms with E-state index in [2.05, 4.69) is 32.7 Å². The summed E-state index contributed by atoms with van der Waals surface area (Å²) in [6.45, 7) is 11.4. The molecular weight excluding hydrogens is 582 g/mol. The summed E-state index contributed by atoms with van der Waals surface area (Å²) in [5, 5.41) is 0.300. The Balaban J connectivity index is 1.26. The Kier molecular flexibility index (Phi) is 10.2. The van der Waals surface area contributed by atoms with Crippen molar-refractivity contribution < 1.29 is 33.3 Å². The van der Waals surface area contributed by atoms with Crippen molar-refractivity contribution in [1.82, 2.24) is 4.98 Å². The summed E-state index contributed by atoms with van der Waals surface area (Å²) in [6.07, 6.45) is 11.8. The normalized spacial score (nSPS) is 38.3. The second-order valence-corrected chi connectivity index (χ2v) is 14.9. The predicted molar refractivity (Wildman–Crippen MR) is 166 cm³/mol. The van der Waals surface area contributed by atoms with Crippen molar-refractivity contribution in [3.63, 3.8) is 0 Å². The lowest BCUT2D eigenvalue weighted by Gasteiger charge is -2.65. The van der Waals surface area contributed by atoms with Crippen LogP contribution in [-0.4, -0.2) is 49.8 Å². The van der Waals surface area contributed by atoms with Crippen molar-refractivity contribution in [2.24, 2.45) is 52.3 Å². The van der Waals surface area contributed by atoms with Crippen molar-refractivity contribution in [3.05, 3.63) is 22.8 Å². The number of pyridine rings is 1. The molecule has 11 atom stereocenters. The largest absolute Gasteiger partial charge is 0.477 e. The number of hydrogen-bond donors (Lipinski definition) is 0. The van der Waals surface area contributed by atoms with Crippen LogP contribution in [0.4, 0.5) is 0 Å². The summed E-state index contributed by atoms with van der Waals surface area (Å²) in [7, 11) is 1.32. The molecule has 0 N–H and O–H groups in total. The van der Waals surface area contributed by atoms with Gasteiger partial charge in [-0.3, -0.25) is 9.59 Å². The fourth-order valence-corrected chi connectivity index (χ4v) is 11.1. The van der Waals surface area contributed by atoms with Crippen molar-refractivity contribution >= 4 is 30.5 Å². The molecule has 0 saturated heterocycles. The van der Waals surface area contributed by atoms with Gasteiger partial charge in [0.15, 0.2) is 0 Å². The second-order valence-electron chi connectivity index (χ2n) is 14.5. The van der Waals surface area contributed by atoms with E-state index in [-0.39, 0.29) is 29.0 Å². The molecule has 4 aliphatic carbocycles. The van der Waals surface area contributed by atoms with E-state index in [9.17, 15) is 14.4 Å². The fourth-order valence-electron chi connectivity index (χ4n) is 10.9. The van der Waals surface area contributed by atoms with Crippen LogP contribution in [0.1, 0.15) is 102 Å². The molecule has 0 radical (unpaired) electrons. The van der Waals surface area contributed by atoms with Gasteiger partial charge in [0, 0.05) is 12.1 Å². The van der Waals surface area contributed by atoms with Gasteiger partial charge < -0.3 is 18.9 Å². The van der Waals surface area contributed by atoms with Gasteiger partial charge in [0.1, 0.15) is 17.2 Å². The number of hydrogen-bond acceptors (Lipinski definition) is 8. The zero-order valence-electron chi connectivity index (χ0n) is 27.0. The number of fused-ring (bicyclic) bond motifs is 5. The second kappa shape index (κ2) is 13.6. The Morgan fingerprint density at radius 2 is 1.80 bits per heavy atom. The number of ether oxygens (including phenoxy) is 4. The van der Waals surface area contributed by atoms with E-state index in [4.69, 9.17) is 30.5 Å². The molecule has 0 aromatic carbocycles. The number of methoxy groups -OCH3 is 1. The summed E-state index contributed by atoms with van der Waals surface area (Å²) in [5.41, 5.74) is 0.675. The van der Waals surface area contributed by atoms with Crippen molar-refractivity contribution in [2.75, 3.05) is 13.7 Å². The van der Waals surface area contributed by atoms with Gasteiger partial charge >= 0.3 is 5.97 Å². The van der Waals surface area contributed by atoms with Crippen molar-refractivity contribution in [3.8, 4) is 5.88 Å². The fraction of sp³-hybridized carbons (Fsp3) is 0.771. The molecular formula is C35H50ClNO7. The lowest BCUT2D eigenvalue weighted by Crippen LogP contribution is -2.62. The first-order valence-electron chi connectivity index (χ1n) is 16.7. The first-order valence-corrected chi connectivity index (χ1v) is 17.1. The molecule has 1 heterocycles. The Bertz CT molecular complexity index is 1200. The Morgan fingerprint density at radius 3 is 2.48 bits per heavy atom.